The monoisotopic (exact) mass is 273 g/mol. The second kappa shape index (κ2) is 5.34. The first-order valence-corrected chi connectivity index (χ1v) is 6.95. The van der Waals surface area contributed by atoms with Crippen LogP contribution in [0.3, 0.4) is 0 Å². The first-order chi connectivity index (χ1) is 9.70. The molecule has 2 atom stereocenters. The van der Waals surface area contributed by atoms with Crippen LogP contribution in [0.5, 0.6) is 0 Å². The van der Waals surface area contributed by atoms with Gasteiger partial charge in [-0.05, 0) is 37.6 Å². The Balaban J connectivity index is 1.90. The maximum absolute atomic E-state index is 10.7. The van der Waals surface area contributed by atoms with Crippen LogP contribution in [0.4, 0.5) is 5.69 Å². The third kappa shape index (κ3) is 2.23. The zero-order valence-corrected chi connectivity index (χ0v) is 11.4. The van der Waals surface area contributed by atoms with E-state index >= 15 is 0 Å². The standard InChI is InChI=1S/C15H19N3O2/c1-16-13-8-11(19)2-3-12(13)15(20)18-7-5-10-9-17-6-4-14(10)18/h4,6,9,11,15,19-20H,1-3,5,7-8H2. The molecule has 2 N–H and O–H groups in total. The Labute approximate surface area is 118 Å². The third-order valence-electron chi connectivity index (χ3n) is 4.15. The van der Waals surface area contributed by atoms with E-state index in [1.165, 1.54) is 0 Å². The molecule has 0 spiro atoms. The quantitative estimate of drug-likeness (QED) is 0.814. The molecule has 2 heterocycles. The normalized spacial score (nSPS) is 23.7. The van der Waals surface area contributed by atoms with Gasteiger partial charge in [0.05, 0.1) is 6.10 Å². The highest BCUT2D eigenvalue weighted by atomic mass is 16.3. The van der Waals surface area contributed by atoms with E-state index in [9.17, 15) is 10.2 Å². The number of aliphatic imine (C=N–C) groups is 1. The summed E-state index contributed by atoms with van der Waals surface area (Å²) in [5, 5.41) is 20.4. The molecular weight excluding hydrogens is 254 g/mol. The molecule has 0 amide bonds. The Morgan fingerprint density at radius 2 is 2.30 bits per heavy atom. The van der Waals surface area contributed by atoms with Gasteiger partial charge >= 0.3 is 0 Å². The molecular formula is C15H19N3O2. The largest absolute Gasteiger partial charge is 0.393 e. The lowest BCUT2D eigenvalue weighted by Crippen LogP contribution is -2.37. The van der Waals surface area contributed by atoms with Crippen molar-refractivity contribution in [3.05, 3.63) is 35.3 Å². The molecule has 20 heavy (non-hydrogen) atoms. The van der Waals surface area contributed by atoms with Crippen molar-refractivity contribution in [2.45, 2.75) is 38.0 Å². The Hall–Kier alpha value is -1.72. The molecule has 5 heteroatoms. The van der Waals surface area contributed by atoms with Gasteiger partial charge in [-0.25, -0.2) is 0 Å². The van der Waals surface area contributed by atoms with Crippen molar-refractivity contribution < 1.29 is 10.2 Å². The second-order valence-corrected chi connectivity index (χ2v) is 5.35. The van der Waals surface area contributed by atoms with Crippen LogP contribution in [0.2, 0.25) is 0 Å². The van der Waals surface area contributed by atoms with Crippen LogP contribution >= 0.6 is 0 Å². The summed E-state index contributed by atoms with van der Waals surface area (Å²) in [6.45, 7) is 4.34. The van der Waals surface area contributed by atoms with Gasteiger partial charge in [-0.2, -0.15) is 0 Å². The fraction of sp³-hybridized carbons (Fsp3) is 0.467. The minimum atomic E-state index is -0.688. The molecule has 106 valence electrons. The molecule has 0 bridgehead atoms. The molecule has 0 saturated carbocycles. The van der Waals surface area contributed by atoms with E-state index in [-0.39, 0.29) is 6.10 Å². The van der Waals surface area contributed by atoms with Crippen molar-refractivity contribution in [3.63, 3.8) is 0 Å². The molecule has 3 rings (SSSR count). The summed E-state index contributed by atoms with van der Waals surface area (Å²) in [4.78, 5) is 10.1. The van der Waals surface area contributed by atoms with Crippen LogP contribution < -0.4 is 4.90 Å². The van der Waals surface area contributed by atoms with Gasteiger partial charge in [0.1, 0.15) is 0 Å². The number of hydrogen-bond acceptors (Lipinski definition) is 5. The Kier molecular flexibility index (Phi) is 3.54. The number of pyridine rings is 1. The van der Waals surface area contributed by atoms with Gasteiger partial charge in [0.25, 0.3) is 0 Å². The lowest BCUT2D eigenvalue weighted by atomic mass is 9.92. The van der Waals surface area contributed by atoms with E-state index in [1.54, 1.807) is 6.20 Å². The van der Waals surface area contributed by atoms with Gasteiger partial charge in [-0.1, -0.05) is 0 Å². The van der Waals surface area contributed by atoms with E-state index in [0.29, 0.717) is 19.3 Å². The minimum absolute atomic E-state index is 0.374. The number of aliphatic hydroxyl groups excluding tert-OH is 2. The third-order valence-corrected chi connectivity index (χ3v) is 4.15. The number of anilines is 1. The van der Waals surface area contributed by atoms with Gasteiger partial charge in [-0.15, -0.1) is 0 Å². The van der Waals surface area contributed by atoms with Crippen molar-refractivity contribution >= 4 is 12.4 Å². The van der Waals surface area contributed by atoms with Crippen LogP contribution in [0.1, 0.15) is 24.8 Å². The molecule has 1 aromatic rings. The smallest absolute Gasteiger partial charge is 0.151 e. The summed E-state index contributed by atoms with van der Waals surface area (Å²) < 4.78 is 0. The van der Waals surface area contributed by atoms with Gasteiger partial charge in [0, 0.05) is 42.3 Å². The van der Waals surface area contributed by atoms with E-state index in [2.05, 4.69) is 16.7 Å². The number of hydrogen-bond donors (Lipinski definition) is 2. The molecule has 1 aliphatic heterocycles. The average Bonchev–Trinajstić information content (AvgIpc) is 2.90. The van der Waals surface area contributed by atoms with Gasteiger partial charge in [0.15, 0.2) is 6.23 Å². The zero-order valence-electron chi connectivity index (χ0n) is 11.4. The van der Waals surface area contributed by atoms with Crippen LogP contribution in [0.15, 0.2) is 34.7 Å². The Morgan fingerprint density at radius 1 is 1.45 bits per heavy atom. The molecule has 1 aliphatic carbocycles. The number of aliphatic hydroxyl groups is 2. The lowest BCUT2D eigenvalue weighted by molar-refractivity contribution is 0.143. The number of rotatable bonds is 3. The highest BCUT2D eigenvalue weighted by Gasteiger charge is 2.31. The number of fused-ring (bicyclic) bond motifs is 1. The van der Waals surface area contributed by atoms with Crippen molar-refractivity contribution in [2.24, 2.45) is 4.99 Å². The maximum atomic E-state index is 10.7. The van der Waals surface area contributed by atoms with Crippen LogP contribution in [0, 0.1) is 0 Å². The summed E-state index contributed by atoms with van der Waals surface area (Å²) in [5.74, 6) is 0. The first kappa shape index (κ1) is 13.3. The Morgan fingerprint density at radius 3 is 3.10 bits per heavy atom. The van der Waals surface area contributed by atoms with E-state index in [0.717, 1.165) is 35.5 Å². The van der Waals surface area contributed by atoms with E-state index < -0.39 is 6.23 Å². The zero-order chi connectivity index (χ0) is 14.1. The molecule has 2 aliphatic rings. The molecule has 1 aromatic heterocycles. The van der Waals surface area contributed by atoms with E-state index in [1.807, 2.05) is 17.2 Å². The molecule has 0 aromatic carbocycles. The summed E-state index contributed by atoms with van der Waals surface area (Å²) >= 11 is 0. The molecule has 5 nitrogen and oxygen atoms in total. The summed E-state index contributed by atoms with van der Waals surface area (Å²) in [6, 6.07) is 1.94. The summed E-state index contributed by atoms with van der Waals surface area (Å²) in [5.41, 5.74) is 3.82. The first-order valence-electron chi connectivity index (χ1n) is 6.95. The van der Waals surface area contributed by atoms with Gasteiger partial charge in [0.2, 0.25) is 0 Å². The second-order valence-electron chi connectivity index (χ2n) is 5.35. The van der Waals surface area contributed by atoms with Crippen molar-refractivity contribution in [2.75, 3.05) is 11.4 Å². The van der Waals surface area contributed by atoms with Crippen LogP contribution in [-0.4, -0.2) is 40.8 Å². The minimum Gasteiger partial charge on any atom is -0.393 e. The van der Waals surface area contributed by atoms with Crippen molar-refractivity contribution in [1.82, 2.24) is 4.98 Å². The van der Waals surface area contributed by atoms with Crippen LogP contribution in [0.25, 0.3) is 0 Å². The summed E-state index contributed by atoms with van der Waals surface area (Å²) in [7, 11) is 0. The lowest BCUT2D eigenvalue weighted by Gasteiger charge is -2.32. The predicted molar refractivity (Wildman–Crippen MR) is 77.7 cm³/mol. The number of nitrogens with zero attached hydrogens (tertiary/aromatic N) is 3. The SMILES string of the molecule is C=NC1=C(C(O)N2CCc3cnccc32)CCC(O)C1. The fourth-order valence-electron chi connectivity index (χ4n) is 3.06. The topological polar surface area (TPSA) is 69.0 Å². The van der Waals surface area contributed by atoms with Crippen LogP contribution in [-0.2, 0) is 6.42 Å². The van der Waals surface area contributed by atoms with Crippen molar-refractivity contribution in [3.8, 4) is 0 Å². The van der Waals surface area contributed by atoms with E-state index in [4.69, 9.17) is 0 Å². The molecule has 0 fully saturated rings. The predicted octanol–water partition coefficient (Wildman–Crippen LogP) is 1.26. The molecule has 0 saturated heterocycles. The summed E-state index contributed by atoms with van der Waals surface area (Å²) in [6.07, 6.45) is 5.24. The molecule has 2 unspecified atom stereocenters. The molecule has 0 radical (unpaired) electrons. The highest BCUT2D eigenvalue weighted by Crippen LogP contribution is 2.34. The van der Waals surface area contributed by atoms with Gasteiger partial charge in [-0.3, -0.25) is 9.98 Å². The Bertz CT molecular complexity index is 556. The fourth-order valence-corrected chi connectivity index (χ4v) is 3.06. The highest BCUT2D eigenvalue weighted by molar-refractivity contribution is 5.58. The number of aromatic nitrogens is 1. The van der Waals surface area contributed by atoms with Gasteiger partial charge < -0.3 is 15.1 Å². The average molecular weight is 273 g/mol. The van der Waals surface area contributed by atoms with Crippen molar-refractivity contribution in [1.29, 1.82) is 0 Å². The maximum Gasteiger partial charge on any atom is 0.151 e.